The van der Waals surface area contributed by atoms with Crippen molar-refractivity contribution in [3.63, 3.8) is 0 Å². The first kappa shape index (κ1) is 26.3. The Morgan fingerprint density at radius 2 is 1.61 bits per heavy atom. The second kappa shape index (κ2) is 10.9. The van der Waals surface area contributed by atoms with Gasteiger partial charge < -0.3 is 10.4 Å². The molecule has 0 unspecified atom stereocenters. The van der Waals surface area contributed by atoms with Crippen molar-refractivity contribution in [3.05, 3.63) is 137 Å². The van der Waals surface area contributed by atoms with Crippen molar-refractivity contribution >= 4 is 44.3 Å². The maximum atomic E-state index is 13.8. The third kappa shape index (κ3) is 5.44. The standard InChI is InChI=1S/C34H25FN2O3S/c1-20(22-9-11-24(12-10-22)34(39)40)36-33(38)29-18-27(23-5-3-2-4-6-23)19-31-32(29)30(37-41-31)16-21-7-8-26-17-28(35)14-13-25(26)15-21/h2-15,17-20H,16H2,1H3,(H,36,38)(H,39,40)/t20-/m0/s1. The van der Waals surface area contributed by atoms with Crippen LogP contribution in [0.15, 0.2) is 103 Å². The van der Waals surface area contributed by atoms with E-state index >= 15 is 0 Å². The minimum absolute atomic E-state index is 0.192. The lowest BCUT2D eigenvalue weighted by Crippen LogP contribution is -2.27. The number of hydrogen-bond acceptors (Lipinski definition) is 4. The van der Waals surface area contributed by atoms with Gasteiger partial charge in [0.15, 0.2) is 0 Å². The second-order valence-electron chi connectivity index (χ2n) is 10.0. The fourth-order valence-corrected chi connectivity index (χ4v) is 5.94. The molecular weight excluding hydrogens is 535 g/mol. The highest BCUT2D eigenvalue weighted by Crippen LogP contribution is 2.34. The highest BCUT2D eigenvalue weighted by atomic mass is 32.1. The molecule has 1 amide bonds. The molecule has 1 atom stereocenters. The summed E-state index contributed by atoms with van der Waals surface area (Å²) in [6.45, 7) is 1.87. The van der Waals surface area contributed by atoms with Gasteiger partial charge in [0.05, 0.1) is 27.6 Å². The predicted molar refractivity (Wildman–Crippen MR) is 161 cm³/mol. The fraction of sp³-hybridized carbons (Fsp3) is 0.0882. The minimum Gasteiger partial charge on any atom is -0.478 e. The molecule has 2 N–H and O–H groups in total. The van der Waals surface area contributed by atoms with Crippen LogP contribution in [0.1, 0.15) is 50.5 Å². The van der Waals surface area contributed by atoms with E-state index in [4.69, 9.17) is 4.37 Å². The van der Waals surface area contributed by atoms with E-state index in [-0.39, 0.29) is 23.3 Å². The van der Waals surface area contributed by atoms with Crippen LogP contribution < -0.4 is 5.32 Å². The molecule has 0 aliphatic heterocycles. The van der Waals surface area contributed by atoms with Gasteiger partial charge >= 0.3 is 5.97 Å². The van der Waals surface area contributed by atoms with E-state index in [0.717, 1.165) is 48.8 Å². The number of nitrogens with one attached hydrogen (secondary N) is 1. The summed E-state index contributed by atoms with van der Waals surface area (Å²) in [4.78, 5) is 25.1. The normalized spacial score (nSPS) is 12.0. The van der Waals surface area contributed by atoms with Crippen LogP contribution in [0.4, 0.5) is 4.39 Å². The minimum atomic E-state index is -0.996. The summed E-state index contributed by atoms with van der Waals surface area (Å²) in [5, 5.41) is 14.9. The first-order valence-corrected chi connectivity index (χ1v) is 13.9. The van der Waals surface area contributed by atoms with Crippen LogP contribution in [0.25, 0.3) is 32.0 Å². The molecule has 0 aliphatic rings. The quantitative estimate of drug-likeness (QED) is 0.207. The van der Waals surface area contributed by atoms with E-state index in [1.165, 1.54) is 35.8 Å². The van der Waals surface area contributed by atoms with Crippen molar-refractivity contribution in [1.82, 2.24) is 9.69 Å². The number of aromatic nitrogens is 1. The number of rotatable bonds is 7. The van der Waals surface area contributed by atoms with E-state index in [2.05, 4.69) is 11.4 Å². The van der Waals surface area contributed by atoms with Crippen molar-refractivity contribution in [1.29, 1.82) is 0 Å². The molecule has 6 rings (SSSR count). The molecule has 5 aromatic carbocycles. The largest absolute Gasteiger partial charge is 0.478 e. The molecule has 0 fully saturated rings. The fourth-order valence-electron chi connectivity index (χ4n) is 5.07. The molecule has 0 bridgehead atoms. The molecule has 0 radical (unpaired) electrons. The molecule has 6 aromatic rings. The molecule has 1 aromatic heterocycles. The average Bonchev–Trinajstić information content (AvgIpc) is 3.39. The molecule has 7 heteroatoms. The molecule has 5 nitrogen and oxygen atoms in total. The highest BCUT2D eigenvalue weighted by molar-refractivity contribution is 7.13. The molecule has 0 spiro atoms. The Balaban J connectivity index is 1.38. The summed E-state index contributed by atoms with van der Waals surface area (Å²) in [5.41, 5.74) is 5.26. The van der Waals surface area contributed by atoms with E-state index in [0.29, 0.717) is 12.0 Å². The van der Waals surface area contributed by atoms with Gasteiger partial charge in [-0.25, -0.2) is 9.18 Å². The molecule has 1 heterocycles. The van der Waals surface area contributed by atoms with Crippen molar-refractivity contribution in [2.75, 3.05) is 0 Å². The molecular formula is C34H25FN2O3S. The second-order valence-corrected chi connectivity index (χ2v) is 10.8. The van der Waals surface area contributed by atoms with Crippen LogP contribution in [0.3, 0.4) is 0 Å². The van der Waals surface area contributed by atoms with Crippen molar-refractivity contribution in [2.24, 2.45) is 0 Å². The summed E-state index contributed by atoms with van der Waals surface area (Å²) < 4.78 is 19.4. The zero-order valence-electron chi connectivity index (χ0n) is 22.1. The van der Waals surface area contributed by atoms with E-state index in [1.807, 2.05) is 61.5 Å². The number of hydrogen-bond donors (Lipinski definition) is 2. The van der Waals surface area contributed by atoms with Gasteiger partial charge in [-0.2, -0.15) is 4.37 Å². The monoisotopic (exact) mass is 560 g/mol. The van der Waals surface area contributed by atoms with Gasteiger partial charge in [0.1, 0.15) is 5.82 Å². The Hall–Kier alpha value is -4.88. The molecule has 0 saturated heterocycles. The first-order valence-electron chi connectivity index (χ1n) is 13.2. The number of carbonyl (C=O) groups is 2. The van der Waals surface area contributed by atoms with Gasteiger partial charge in [0.25, 0.3) is 5.91 Å². The average molecular weight is 561 g/mol. The van der Waals surface area contributed by atoms with Gasteiger partial charge in [0.2, 0.25) is 0 Å². The molecule has 0 aliphatic carbocycles. The number of aromatic carboxylic acids is 1. The Morgan fingerprint density at radius 1 is 0.878 bits per heavy atom. The van der Waals surface area contributed by atoms with Gasteiger partial charge in [-0.1, -0.05) is 66.7 Å². The van der Waals surface area contributed by atoms with Crippen molar-refractivity contribution in [3.8, 4) is 11.1 Å². The lowest BCUT2D eigenvalue weighted by Gasteiger charge is -2.16. The molecule has 0 saturated carbocycles. The van der Waals surface area contributed by atoms with Crippen LogP contribution in [-0.4, -0.2) is 21.4 Å². The highest BCUT2D eigenvalue weighted by Gasteiger charge is 2.21. The molecule has 202 valence electrons. The number of fused-ring (bicyclic) bond motifs is 2. The lowest BCUT2D eigenvalue weighted by atomic mass is 9.96. The van der Waals surface area contributed by atoms with Gasteiger partial charge in [-0.15, -0.1) is 0 Å². The number of carbonyl (C=O) groups excluding carboxylic acids is 1. The van der Waals surface area contributed by atoms with Crippen molar-refractivity contribution < 1.29 is 19.1 Å². The topological polar surface area (TPSA) is 79.3 Å². The van der Waals surface area contributed by atoms with Gasteiger partial charge in [-0.3, -0.25) is 4.79 Å². The SMILES string of the molecule is C[C@H](NC(=O)c1cc(-c2ccccc2)cc2snc(Cc3ccc4cc(F)ccc4c3)c12)c1ccc(C(=O)O)cc1. The van der Waals surface area contributed by atoms with Crippen LogP contribution in [0.5, 0.6) is 0 Å². The first-order chi connectivity index (χ1) is 19.9. The number of amides is 1. The smallest absolute Gasteiger partial charge is 0.335 e. The zero-order valence-corrected chi connectivity index (χ0v) is 22.9. The number of halogens is 1. The Kier molecular flexibility index (Phi) is 7.03. The lowest BCUT2D eigenvalue weighted by molar-refractivity contribution is 0.0696. The van der Waals surface area contributed by atoms with E-state index in [9.17, 15) is 19.1 Å². The Bertz CT molecular complexity index is 1920. The summed E-state index contributed by atoms with van der Waals surface area (Å²) in [6.07, 6.45) is 0.518. The Morgan fingerprint density at radius 3 is 2.37 bits per heavy atom. The van der Waals surface area contributed by atoms with Gasteiger partial charge in [0, 0.05) is 11.8 Å². The summed E-state index contributed by atoms with van der Waals surface area (Å²) in [5.74, 6) is -1.50. The van der Waals surface area contributed by atoms with E-state index < -0.39 is 5.97 Å². The summed E-state index contributed by atoms with van der Waals surface area (Å²) >= 11 is 1.36. The number of nitrogens with zero attached hydrogens (tertiary/aromatic N) is 1. The van der Waals surface area contributed by atoms with Crippen LogP contribution >= 0.6 is 11.5 Å². The Labute approximate surface area is 240 Å². The van der Waals surface area contributed by atoms with Crippen molar-refractivity contribution in [2.45, 2.75) is 19.4 Å². The van der Waals surface area contributed by atoms with Crippen LogP contribution in [0.2, 0.25) is 0 Å². The summed E-state index contributed by atoms with van der Waals surface area (Å²) in [7, 11) is 0. The third-order valence-corrected chi connectivity index (χ3v) is 8.07. The molecule has 41 heavy (non-hydrogen) atoms. The maximum absolute atomic E-state index is 13.8. The third-order valence-electron chi connectivity index (χ3n) is 7.24. The van der Waals surface area contributed by atoms with Gasteiger partial charge in [-0.05, 0) is 87.9 Å². The van der Waals surface area contributed by atoms with Crippen LogP contribution in [-0.2, 0) is 6.42 Å². The maximum Gasteiger partial charge on any atom is 0.335 e. The van der Waals surface area contributed by atoms with Crippen LogP contribution in [0, 0.1) is 5.82 Å². The number of carboxylic acids is 1. The number of benzene rings is 5. The summed E-state index contributed by atoms with van der Waals surface area (Å²) in [6, 6.07) is 30.7. The van der Waals surface area contributed by atoms with E-state index in [1.54, 1.807) is 18.2 Å². The number of carboxylic acid groups (broad SMARTS) is 1. The zero-order chi connectivity index (χ0) is 28.5. The predicted octanol–water partition coefficient (Wildman–Crippen LogP) is 8.04.